The Labute approximate surface area is 114 Å². The third kappa shape index (κ3) is 4.35. The van der Waals surface area contributed by atoms with Crippen LogP contribution in [0, 0.1) is 0 Å². The molecule has 1 heterocycles. The largest absolute Gasteiger partial charge is 0.330 e. The van der Waals surface area contributed by atoms with Crippen molar-refractivity contribution in [3.63, 3.8) is 0 Å². The third-order valence-corrected chi connectivity index (χ3v) is 5.90. The Bertz CT molecular complexity index is 454. The first-order valence-corrected chi connectivity index (χ1v) is 8.64. The summed E-state index contributed by atoms with van der Waals surface area (Å²) in [6, 6.07) is 3.53. The van der Waals surface area contributed by atoms with Crippen LogP contribution in [0.5, 0.6) is 0 Å². The molecular weight excluding hydrogens is 268 g/mol. The van der Waals surface area contributed by atoms with Gasteiger partial charge in [0.2, 0.25) is 10.0 Å². The molecule has 1 atom stereocenters. The van der Waals surface area contributed by atoms with Crippen molar-refractivity contribution in [1.82, 2.24) is 4.72 Å². The summed E-state index contributed by atoms with van der Waals surface area (Å²) in [6.45, 7) is 4.60. The molecule has 0 saturated heterocycles. The van der Waals surface area contributed by atoms with Gasteiger partial charge in [0.05, 0.1) is 0 Å². The molecule has 6 heteroatoms. The number of thiophene rings is 1. The van der Waals surface area contributed by atoms with Crippen LogP contribution in [0.4, 0.5) is 0 Å². The van der Waals surface area contributed by atoms with E-state index >= 15 is 0 Å². The first-order valence-electron chi connectivity index (χ1n) is 6.34. The predicted molar refractivity (Wildman–Crippen MR) is 76.4 cm³/mol. The van der Waals surface area contributed by atoms with Gasteiger partial charge in [0.25, 0.3) is 0 Å². The van der Waals surface area contributed by atoms with Crippen LogP contribution in [0.2, 0.25) is 0 Å². The van der Waals surface area contributed by atoms with Gasteiger partial charge in [0, 0.05) is 10.9 Å². The van der Waals surface area contributed by atoms with Crippen molar-refractivity contribution < 1.29 is 8.42 Å². The van der Waals surface area contributed by atoms with Crippen LogP contribution in [0.3, 0.4) is 0 Å². The van der Waals surface area contributed by atoms with E-state index in [9.17, 15) is 8.42 Å². The molecule has 0 amide bonds. The van der Waals surface area contributed by atoms with Crippen molar-refractivity contribution in [3.8, 4) is 0 Å². The van der Waals surface area contributed by atoms with E-state index in [4.69, 9.17) is 5.73 Å². The van der Waals surface area contributed by atoms with E-state index in [1.807, 2.05) is 13.0 Å². The number of nitrogens with one attached hydrogen (secondary N) is 1. The second-order valence-corrected chi connectivity index (χ2v) is 7.38. The summed E-state index contributed by atoms with van der Waals surface area (Å²) in [7, 11) is -3.36. The molecule has 0 aliphatic carbocycles. The standard InChI is InChI=1S/C12H22N2O2S2/c1-3-5-10(4-2)14-18(15,16)12-7-6-11(17-12)8-9-13/h6-7,10,14H,3-5,8-9,13H2,1-2H3. The Morgan fingerprint density at radius 3 is 2.67 bits per heavy atom. The fourth-order valence-corrected chi connectivity index (χ4v) is 4.49. The molecule has 1 rings (SSSR count). The summed E-state index contributed by atoms with van der Waals surface area (Å²) in [5.41, 5.74) is 5.46. The van der Waals surface area contributed by atoms with E-state index in [1.54, 1.807) is 6.07 Å². The van der Waals surface area contributed by atoms with Gasteiger partial charge in [-0.3, -0.25) is 0 Å². The van der Waals surface area contributed by atoms with E-state index in [-0.39, 0.29) is 6.04 Å². The van der Waals surface area contributed by atoms with Crippen LogP contribution in [-0.2, 0) is 16.4 Å². The Kier molecular flexibility index (Phi) is 6.28. The van der Waals surface area contributed by atoms with Crippen LogP contribution >= 0.6 is 11.3 Å². The quantitative estimate of drug-likeness (QED) is 0.770. The first-order chi connectivity index (χ1) is 8.53. The highest BCUT2D eigenvalue weighted by Gasteiger charge is 2.20. The van der Waals surface area contributed by atoms with Gasteiger partial charge in [0.1, 0.15) is 4.21 Å². The molecule has 18 heavy (non-hydrogen) atoms. The molecule has 0 saturated carbocycles. The summed E-state index contributed by atoms with van der Waals surface area (Å²) >= 11 is 1.30. The SMILES string of the molecule is CCCC(CC)NS(=O)(=O)c1ccc(CCN)s1. The van der Waals surface area contributed by atoms with Gasteiger partial charge in [-0.25, -0.2) is 13.1 Å². The first kappa shape index (κ1) is 15.6. The molecule has 0 bridgehead atoms. The lowest BCUT2D eigenvalue weighted by Crippen LogP contribution is -2.33. The molecule has 0 aromatic carbocycles. The summed E-state index contributed by atoms with van der Waals surface area (Å²) in [5, 5.41) is 0. The normalized spacial score (nSPS) is 13.7. The van der Waals surface area contributed by atoms with Crippen LogP contribution in [0.1, 0.15) is 38.0 Å². The van der Waals surface area contributed by atoms with Crippen molar-refractivity contribution in [2.24, 2.45) is 5.73 Å². The van der Waals surface area contributed by atoms with Gasteiger partial charge in [-0.1, -0.05) is 20.3 Å². The Morgan fingerprint density at radius 2 is 2.11 bits per heavy atom. The average molecular weight is 290 g/mol. The van der Waals surface area contributed by atoms with E-state index in [1.165, 1.54) is 11.3 Å². The topological polar surface area (TPSA) is 72.2 Å². The molecule has 0 aliphatic rings. The van der Waals surface area contributed by atoms with Crippen molar-refractivity contribution in [1.29, 1.82) is 0 Å². The maximum Gasteiger partial charge on any atom is 0.250 e. The number of nitrogens with two attached hydrogens (primary N) is 1. The van der Waals surface area contributed by atoms with Gasteiger partial charge in [-0.15, -0.1) is 11.3 Å². The van der Waals surface area contributed by atoms with Crippen LogP contribution in [-0.4, -0.2) is 21.0 Å². The lowest BCUT2D eigenvalue weighted by Gasteiger charge is -2.15. The second kappa shape index (κ2) is 7.23. The predicted octanol–water partition coefficient (Wildman–Crippen LogP) is 2.11. The van der Waals surface area contributed by atoms with Gasteiger partial charge < -0.3 is 5.73 Å². The smallest absolute Gasteiger partial charge is 0.250 e. The summed E-state index contributed by atoms with van der Waals surface area (Å²) in [6.07, 6.45) is 3.39. The highest BCUT2D eigenvalue weighted by atomic mass is 32.2. The summed E-state index contributed by atoms with van der Waals surface area (Å²) in [5.74, 6) is 0. The lowest BCUT2D eigenvalue weighted by atomic mass is 10.1. The molecular formula is C12H22N2O2S2. The van der Waals surface area contributed by atoms with E-state index in [0.29, 0.717) is 10.8 Å². The Hall–Kier alpha value is -0.430. The minimum absolute atomic E-state index is 0.0278. The van der Waals surface area contributed by atoms with E-state index < -0.39 is 10.0 Å². The molecule has 0 aliphatic heterocycles. The zero-order chi connectivity index (χ0) is 13.6. The second-order valence-electron chi connectivity index (χ2n) is 4.27. The van der Waals surface area contributed by atoms with Gasteiger partial charge in [0.15, 0.2) is 0 Å². The molecule has 104 valence electrons. The Balaban J connectivity index is 2.78. The maximum atomic E-state index is 12.2. The zero-order valence-electron chi connectivity index (χ0n) is 11.0. The van der Waals surface area contributed by atoms with Crippen LogP contribution < -0.4 is 10.5 Å². The van der Waals surface area contributed by atoms with Crippen molar-refractivity contribution in [3.05, 3.63) is 17.0 Å². The van der Waals surface area contributed by atoms with Crippen LogP contribution in [0.15, 0.2) is 16.3 Å². The van der Waals surface area contributed by atoms with Crippen molar-refractivity contribution >= 4 is 21.4 Å². The number of hydrogen-bond acceptors (Lipinski definition) is 4. The fourth-order valence-electron chi connectivity index (χ4n) is 1.75. The minimum Gasteiger partial charge on any atom is -0.330 e. The maximum absolute atomic E-state index is 12.2. The zero-order valence-corrected chi connectivity index (χ0v) is 12.6. The number of hydrogen-bond donors (Lipinski definition) is 2. The molecule has 0 radical (unpaired) electrons. The van der Waals surface area contributed by atoms with Crippen molar-refractivity contribution in [2.75, 3.05) is 6.54 Å². The van der Waals surface area contributed by atoms with Gasteiger partial charge in [-0.2, -0.15) is 0 Å². The van der Waals surface area contributed by atoms with Gasteiger partial charge in [-0.05, 0) is 37.9 Å². The lowest BCUT2D eigenvalue weighted by molar-refractivity contribution is 0.513. The molecule has 1 aromatic heterocycles. The highest BCUT2D eigenvalue weighted by molar-refractivity contribution is 7.91. The van der Waals surface area contributed by atoms with Crippen LogP contribution in [0.25, 0.3) is 0 Å². The number of sulfonamides is 1. The Morgan fingerprint density at radius 1 is 1.39 bits per heavy atom. The molecule has 1 aromatic rings. The monoisotopic (exact) mass is 290 g/mol. The minimum atomic E-state index is -3.36. The fraction of sp³-hybridized carbons (Fsp3) is 0.667. The molecule has 0 fully saturated rings. The summed E-state index contributed by atoms with van der Waals surface area (Å²) < 4.78 is 27.5. The van der Waals surface area contributed by atoms with E-state index in [0.717, 1.165) is 30.6 Å². The number of rotatable bonds is 8. The van der Waals surface area contributed by atoms with Crippen molar-refractivity contribution in [2.45, 2.75) is 49.8 Å². The van der Waals surface area contributed by atoms with Gasteiger partial charge >= 0.3 is 0 Å². The highest BCUT2D eigenvalue weighted by Crippen LogP contribution is 2.22. The summed E-state index contributed by atoms with van der Waals surface area (Å²) in [4.78, 5) is 1.02. The van der Waals surface area contributed by atoms with E-state index in [2.05, 4.69) is 11.6 Å². The third-order valence-electron chi connectivity index (χ3n) is 2.74. The molecule has 4 nitrogen and oxygen atoms in total. The average Bonchev–Trinajstić information content (AvgIpc) is 2.78. The molecule has 0 spiro atoms. The molecule has 1 unspecified atom stereocenters. The molecule has 3 N–H and O–H groups in total.